The van der Waals surface area contributed by atoms with Crippen molar-refractivity contribution in [1.82, 2.24) is 24.3 Å². The van der Waals surface area contributed by atoms with Crippen molar-refractivity contribution in [3.63, 3.8) is 0 Å². The van der Waals surface area contributed by atoms with Crippen molar-refractivity contribution in [3.8, 4) is 0 Å². The molecule has 0 atom stereocenters. The molecular formula is C18H22FN5O4S. The van der Waals surface area contributed by atoms with Crippen molar-refractivity contribution in [2.45, 2.75) is 37.6 Å². The fourth-order valence-corrected chi connectivity index (χ4v) is 4.61. The topological polar surface area (TPSA) is 110 Å². The van der Waals surface area contributed by atoms with Gasteiger partial charge in [-0.05, 0) is 25.0 Å². The Kier molecular flexibility index (Phi) is 5.34. The van der Waals surface area contributed by atoms with E-state index >= 15 is 0 Å². The van der Waals surface area contributed by atoms with E-state index in [0.29, 0.717) is 24.1 Å². The van der Waals surface area contributed by atoms with Crippen LogP contribution < -0.4 is 0 Å². The van der Waals surface area contributed by atoms with Gasteiger partial charge in [0, 0.05) is 38.2 Å². The molecule has 1 saturated heterocycles. The first-order valence-corrected chi connectivity index (χ1v) is 11.4. The predicted octanol–water partition coefficient (Wildman–Crippen LogP) is 1.20. The molecule has 0 aromatic carbocycles. The molecule has 2 aromatic heterocycles. The van der Waals surface area contributed by atoms with Crippen LogP contribution in [0.4, 0.5) is 4.39 Å². The zero-order valence-electron chi connectivity index (χ0n) is 16.0. The molecule has 1 amide bonds. The Hall–Kier alpha value is -2.40. The minimum Gasteiger partial charge on any atom is -0.339 e. The maximum Gasteiger partial charge on any atom is 0.275 e. The molecule has 1 aliphatic heterocycles. The molecule has 4 rings (SSSR count). The molecule has 11 heteroatoms. The number of rotatable bonds is 7. The van der Waals surface area contributed by atoms with E-state index in [1.54, 1.807) is 0 Å². The molecule has 1 aliphatic carbocycles. The van der Waals surface area contributed by atoms with Crippen LogP contribution in [0, 0.1) is 5.82 Å². The lowest BCUT2D eigenvalue weighted by atomic mass is 9.85. The third kappa shape index (κ3) is 4.15. The molecule has 0 bridgehead atoms. The lowest BCUT2D eigenvalue weighted by Crippen LogP contribution is -2.62. The first-order chi connectivity index (χ1) is 13.8. The highest BCUT2D eigenvalue weighted by Crippen LogP contribution is 2.35. The summed E-state index contributed by atoms with van der Waals surface area (Å²) < 4.78 is 44.9. The lowest BCUT2D eigenvalue weighted by molar-refractivity contribution is 0.0443. The van der Waals surface area contributed by atoms with Gasteiger partial charge in [-0.25, -0.2) is 17.8 Å². The van der Waals surface area contributed by atoms with Crippen LogP contribution in [0.1, 0.15) is 47.4 Å². The molecule has 3 heterocycles. The second kappa shape index (κ2) is 7.79. The normalized spacial score (nSPS) is 18.0. The fraction of sp³-hybridized carbons (Fsp3) is 0.556. The van der Waals surface area contributed by atoms with Gasteiger partial charge < -0.3 is 9.42 Å². The molecule has 2 aliphatic rings. The van der Waals surface area contributed by atoms with E-state index in [9.17, 15) is 17.6 Å². The number of hydrogen-bond acceptors (Lipinski definition) is 7. The van der Waals surface area contributed by atoms with Crippen LogP contribution in [0.25, 0.3) is 0 Å². The number of pyridine rings is 1. The number of aromatic nitrogens is 3. The van der Waals surface area contributed by atoms with Gasteiger partial charge in [0.25, 0.3) is 5.91 Å². The monoisotopic (exact) mass is 423 g/mol. The number of carbonyl (C=O) groups is 1. The highest BCUT2D eigenvalue weighted by Gasteiger charge is 2.40. The summed E-state index contributed by atoms with van der Waals surface area (Å²) in [7, 11) is -3.50. The van der Waals surface area contributed by atoms with E-state index in [0.717, 1.165) is 25.5 Å². The second-order valence-electron chi connectivity index (χ2n) is 7.50. The molecule has 0 radical (unpaired) electrons. The van der Waals surface area contributed by atoms with Crippen molar-refractivity contribution in [3.05, 3.63) is 41.6 Å². The van der Waals surface area contributed by atoms with Crippen molar-refractivity contribution in [2.24, 2.45) is 0 Å². The number of carbonyl (C=O) groups excluding carboxylic acids is 1. The van der Waals surface area contributed by atoms with Crippen molar-refractivity contribution < 1.29 is 22.1 Å². The van der Waals surface area contributed by atoms with E-state index < -0.39 is 21.7 Å². The molecule has 156 valence electrons. The highest BCUT2D eigenvalue weighted by molar-refractivity contribution is 7.88. The molecule has 0 unspecified atom stereocenters. The van der Waals surface area contributed by atoms with Gasteiger partial charge in [-0.3, -0.25) is 4.79 Å². The van der Waals surface area contributed by atoms with Gasteiger partial charge >= 0.3 is 0 Å². The maximum absolute atomic E-state index is 13.8. The van der Waals surface area contributed by atoms with E-state index in [-0.39, 0.29) is 31.4 Å². The van der Waals surface area contributed by atoms with Gasteiger partial charge in [0.05, 0.1) is 12.3 Å². The predicted molar refractivity (Wildman–Crippen MR) is 100 cm³/mol. The van der Waals surface area contributed by atoms with Crippen LogP contribution in [-0.2, 0) is 16.4 Å². The fourth-order valence-electron chi connectivity index (χ4n) is 3.52. The van der Waals surface area contributed by atoms with Gasteiger partial charge in [0.1, 0.15) is 0 Å². The largest absolute Gasteiger partial charge is 0.339 e. The zero-order chi connectivity index (χ0) is 20.6. The smallest absolute Gasteiger partial charge is 0.275 e. The minimum atomic E-state index is -3.50. The maximum atomic E-state index is 13.8. The highest BCUT2D eigenvalue weighted by atomic mass is 32.2. The van der Waals surface area contributed by atoms with E-state index in [1.807, 2.05) is 0 Å². The third-order valence-corrected chi connectivity index (χ3v) is 6.77. The molecule has 2 aromatic rings. The number of likely N-dealkylation sites (tertiary alicyclic amines) is 1. The van der Waals surface area contributed by atoms with Crippen LogP contribution in [0.2, 0.25) is 0 Å². The molecular weight excluding hydrogens is 401 g/mol. The summed E-state index contributed by atoms with van der Waals surface area (Å²) in [6, 6.07) is 2.20. The summed E-state index contributed by atoms with van der Waals surface area (Å²) in [6.45, 7) is 0.552. The van der Waals surface area contributed by atoms with Crippen LogP contribution in [0.5, 0.6) is 0 Å². The average Bonchev–Trinajstić information content (AvgIpc) is 3.02. The third-order valence-electron chi connectivity index (χ3n) is 5.44. The SMILES string of the molecule is CS(=O)(=O)N(CCc1noc(C2CCC2)n1)C1CN(C(=O)c2ncccc2F)C1. The van der Waals surface area contributed by atoms with Crippen molar-refractivity contribution in [1.29, 1.82) is 0 Å². The molecule has 1 saturated carbocycles. The van der Waals surface area contributed by atoms with Crippen LogP contribution >= 0.6 is 0 Å². The van der Waals surface area contributed by atoms with Gasteiger partial charge in [-0.2, -0.15) is 9.29 Å². The van der Waals surface area contributed by atoms with E-state index in [4.69, 9.17) is 4.52 Å². The van der Waals surface area contributed by atoms with Gasteiger partial charge in [0.2, 0.25) is 15.9 Å². The summed E-state index contributed by atoms with van der Waals surface area (Å²) in [5, 5.41) is 3.95. The second-order valence-corrected chi connectivity index (χ2v) is 9.43. The molecule has 2 fully saturated rings. The number of amides is 1. The average molecular weight is 423 g/mol. The van der Waals surface area contributed by atoms with Crippen LogP contribution in [0.3, 0.4) is 0 Å². The van der Waals surface area contributed by atoms with Crippen molar-refractivity contribution >= 4 is 15.9 Å². The summed E-state index contributed by atoms with van der Waals surface area (Å²) >= 11 is 0. The Balaban J connectivity index is 1.36. The lowest BCUT2D eigenvalue weighted by Gasteiger charge is -2.44. The zero-order valence-corrected chi connectivity index (χ0v) is 16.8. The van der Waals surface area contributed by atoms with E-state index in [1.165, 1.54) is 27.5 Å². The van der Waals surface area contributed by atoms with Crippen LogP contribution in [0.15, 0.2) is 22.9 Å². The summed E-state index contributed by atoms with van der Waals surface area (Å²) in [4.78, 5) is 21.9. The molecule has 0 spiro atoms. The first kappa shape index (κ1) is 19.9. The first-order valence-electron chi connectivity index (χ1n) is 9.52. The quantitative estimate of drug-likeness (QED) is 0.658. The Labute approximate surface area is 168 Å². The number of nitrogens with zero attached hydrogens (tertiary/aromatic N) is 5. The Morgan fingerprint density at radius 3 is 2.76 bits per heavy atom. The van der Waals surface area contributed by atoms with Crippen LogP contribution in [-0.4, -0.2) is 70.6 Å². The van der Waals surface area contributed by atoms with Gasteiger partial charge in [-0.1, -0.05) is 11.6 Å². The Morgan fingerprint density at radius 2 is 2.14 bits per heavy atom. The summed E-state index contributed by atoms with van der Waals surface area (Å²) in [6.07, 6.45) is 6.04. The van der Waals surface area contributed by atoms with Gasteiger partial charge in [0.15, 0.2) is 17.3 Å². The Morgan fingerprint density at radius 1 is 1.38 bits per heavy atom. The molecule has 9 nitrogen and oxygen atoms in total. The minimum absolute atomic E-state index is 0.182. The number of halogens is 1. The number of hydrogen-bond donors (Lipinski definition) is 0. The number of sulfonamides is 1. The standard InChI is InChI=1S/C18H22FN5O4S/c1-29(26,27)24(9-7-15-21-17(28-22-15)12-4-2-5-12)13-10-23(11-13)18(25)16-14(19)6-3-8-20-16/h3,6,8,12-13H,2,4-5,7,9-11H2,1H3. The Bertz CT molecular complexity index is 1000. The molecule has 29 heavy (non-hydrogen) atoms. The van der Waals surface area contributed by atoms with Gasteiger partial charge in [-0.15, -0.1) is 0 Å². The summed E-state index contributed by atoms with van der Waals surface area (Å²) in [5.41, 5.74) is -0.257. The van der Waals surface area contributed by atoms with E-state index in [2.05, 4.69) is 15.1 Å². The molecule has 0 N–H and O–H groups in total. The van der Waals surface area contributed by atoms with Crippen molar-refractivity contribution in [2.75, 3.05) is 25.9 Å². The summed E-state index contributed by atoms with van der Waals surface area (Å²) in [5.74, 6) is 0.176.